The van der Waals surface area contributed by atoms with Crippen LogP contribution in [0.5, 0.6) is 0 Å². The second kappa shape index (κ2) is 7.09. The highest BCUT2D eigenvalue weighted by Gasteiger charge is 2.13. The van der Waals surface area contributed by atoms with Gasteiger partial charge in [-0.2, -0.15) is 0 Å². The van der Waals surface area contributed by atoms with Crippen molar-refractivity contribution in [2.75, 3.05) is 11.6 Å². The molecular weight excluding hydrogens is 295 g/mol. The Morgan fingerprint density at radius 2 is 2.14 bits per heavy atom. The van der Waals surface area contributed by atoms with Crippen LogP contribution in [0.3, 0.4) is 0 Å². The zero-order valence-corrected chi connectivity index (χ0v) is 12.6. The molecule has 114 valence electrons. The highest BCUT2D eigenvalue weighted by atomic mass is 32.2. The fourth-order valence-electron chi connectivity index (χ4n) is 1.70. The number of urea groups is 1. The molecule has 5 nitrogen and oxygen atoms in total. The molecule has 0 radical (unpaired) electrons. The summed E-state index contributed by atoms with van der Waals surface area (Å²) in [4.78, 5) is 11.8. The Morgan fingerprint density at radius 1 is 1.48 bits per heavy atom. The number of amides is 2. The minimum Gasteiger partial charge on any atom is -0.334 e. The topological polar surface area (TPSA) is 75.3 Å². The maximum absolute atomic E-state index is 13.2. The number of anilines is 1. The van der Waals surface area contributed by atoms with Gasteiger partial charge in [-0.1, -0.05) is 0 Å². The van der Waals surface area contributed by atoms with Crippen LogP contribution in [0.25, 0.3) is 0 Å². The van der Waals surface area contributed by atoms with Crippen molar-refractivity contribution < 1.29 is 17.6 Å². The molecule has 0 saturated carbocycles. The second-order valence-corrected chi connectivity index (χ2v) is 6.92. The van der Waals surface area contributed by atoms with Gasteiger partial charge in [0.15, 0.2) is 9.84 Å². The van der Waals surface area contributed by atoms with E-state index in [0.717, 1.165) is 18.4 Å². The normalized spacial score (nSPS) is 12.3. The minimum absolute atomic E-state index is 0.192. The summed E-state index contributed by atoms with van der Waals surface area (Å²) in [5.41, 5.74) is 0.435. The number of carbonyl (C=O) groups is 1. The van der Waals surface area contributed by atoms with E-state index in [0.29, 0.717) is 6.42 Å². The lowest BCUT2D eigenvalue weighted by Gasteiger charge is -2.14. The van der Waals surface area contributed by atoms with Gasteiger partial charge in [0.25, 0.3) is 0 Å². The molecule has 0 heterocycles. The maximum Gasteiger partial charge on any atom is 0.319 e. The van der Waals surface area contributed by atoms with Crippen LogP contribution in [0.2, 0.25) is 0 Å². The molecule has 0 fully saturated rings. The average molecular weight is 312 g/mol. The lowest BCUT2D eigenvalue weighted by Crippen LogP contribution is -2.36. The largest absolute Gasteiger partial charge is 0.334 e. The summed E-state index contributed by atoms with van der Waals surface area (Å²) in [5, 5.41) is 5.10. The highest BCUT2D eigenvalue weighted by Crippen LogP contribution is 2.19. The van der Waals surface area contributed by atoms with Crippen LogP contribution in [0.1, 0.15) is 18.9 Å². The summed E-state index contributed by atoms with van der Waals surface area (Å²) in [7, 11) is -3.35. The number of halogens is 1. The van der Waals surface area contributed by atoms with E-state index in [1.165, 1.54) is 6.07 Å². The molecule has 0 aliphatic carbocycles. The number of hydrogen-bond donors (Lipinski definition) is 2. The lowest BCUT2D eigenvalue weighted by atomic mass is 10.2. The Hall–Kier alpha value is -2.07. The fraction of sp³-hybridized carbons (Fsp3) is 0.357. The first-order valence-electron chi connectivity index (χ1n) is 6.18. The Kier molecular flexibility index (Phi) is 5.73. The summed E-state index contributed by atoms with van der Waals surface area (Å²) in [6, 6.07) is 2.79. The van der Waals surface area contributed by atoms with Crippen molar-refractivity contribution in [2.45, 2.75) is 25.1 Å². The van der Waals surface area contributed by atoms with Crippen LogP contribution in [-0.2, 0) is 15.6 Å². The van der Waals surface area contributed by atoms with Gasteiger partial charge >= 0.3 is 6.03 Å². The summed E-state index contributed by atoms with van der Waals surface area (Å²) >= 11 is 0. The number of hydrogen-bond acceptors (Lipinski definition) is 3. The van der Waals surface area contributed by atoms with Crippen molar-refractivity contribution in [3.8, 4) is 12.3 Å². The molecule has 21 heavy (non-hydrogen) atoms. The minimum atomic E-state index is -3.35. The van der Waals surface area contributed by atoms with Crippen LogP contribution in [0.4, 0.5) is 14.9 Å². The molecule has 1 rings (SSSR count). The Bertz CT molecular complexity index is 665. The second-order valence-electron chi connectivity index (χ2n) is 4.78. The fourth-order valence-corrected chi connectivity index (χ4v) is 2.50. The molecule has 1 atom stereocenters. The van der Waals surface area contributed by atoms with E-state index in [1.807, 2.05) is 0 Å². The van der Waals surface area contributed by atoms with Gasteiger partial charge in [0.1, 0.15) is 5.82 Å². The van der Waals surface area contributed by atoms with Crippen molar-refractivity contribution in [3.63, 3.8) is 0 Å². The smallest absolute Gasteiger partial charge is 0.319 e. The molecule has 1 aromatic carbocycles. The van der Waals surface area contributed by atoms with E-state index in [4.69, 9.17) is 6.42 Å². The van der Waals surface area contributed by atoms with Gasteiger partial charge in [0, 0.05) is 24.4 Å². The molecular formula is C14H17FN2O3S. The predicted octanol–water partition coefficient (Wildman–Crippen LogP) is 1.90. The van der Waals surface area contributed by atoms with E-state index >= 15 is 0 Å². The number of sulfone groups is 1. The number of nitrogens with one attached hydrogen (secondary N) is 2. The zero-order valence-electron chi connectivity index (χ0n) is 11.8. The van der Waals surface area contributed by atoms with Crippen molar-refractivity contribution in [1.29, 1.82) is 0 Å². The third-order valence-electron chi connectivity index (χ3n) is 2.53. The molecule has 2 amide bonds. The van der Waals surface area contributed by atoms with E-state index in [-0.39, 0.29) is 23.0 Å². The lowest BCUT2D eigenvalue weighted by molar-refractivity contribution is 0.249. The number of rotatable bonds is 5. The van der Waals surface area contributed by atoms with Gasteiger partial charge in [0.05, 0.1) is 5.75 Å². The summed E-state index contributed by atoms with van der Waals surface area (Å²) in [5.74, 6) is 1.49. The van der Waals surface area contributed by atoms with Gasteiger partial charge < -0.3 is 10.6 Å². The molecule has 1 aromatic rings. The Balaban J connectivity index is 2.88. The first-order valence-corrected chi connectivity index (χ1v) is 8.24. The van der Waals surface area contributed by atoms with Gasteiger partial charge in [0.2, 0.25) is 0 Å². The van der Waals surface area contributed by atoms with Crippen molar-refractivity contribution in [2.24, 2.45) is 0 Å². The number of benzene rings is 1. The maximum atomic E-state index is 13.2. The van der Waals surface area contributed by atoms with Crippen LogP contribution in [0.15, 0.2) is 18.2 Å². The van der Waals surface area contributed by atoms with Crippen molar-refractivity contribution in [3.05, 3.63) is 29.6 Å². The van der Waals surface area contributed by atoms with Gasteiger partial charge in [-0.15, -0.1) is 12.3 Å². The van der Waals surface area contributed by atoms with E-state index < -0.39 is 21.7 Å². The third-order valence-corrected chi connectivity index (χ3v) is 3.37. The molecule has 0 aliphatic rings. The molecule has 0 aromatic heterocycles. The summed E-state index contributed by atoms with van der Waals surface area (Å²) in [6.45, 7) is 1.74. The molecule has 0 saturated heterocycles. The van der Waals surface area contributed by atoms with Crippen LogP contribution >= 0.6 is 0 Å². The number of terminal acetylenes is 1. The van der Waals surface area contributed by atoms with Crippen molar-refractivity contribution in [1.82, 2.24) is 5.32 Å². The molecule has 0 aliphatic heterocycles. The quantitative estimate of drug-likeness (QED) is 0.816. The van der Waals surface area contributed by atoms with Gasteiger partial charge in [-0.05, 0) is 30.7 Å². The summed E-state index contributed by atoms with van der Waals surface area (Å²) < 4.78 is 35.9. The SMILES string of the molecule is C#CC[C@H](C)NC(=O)Nc1ccc(F)cc1CS(C)(=O)=O. The molecule has 0 bridgehead atoms. The van der Waals surface area contributed by atoms with Gasteiger partial charge in [-0.25, -0.2) is 17.6 Å². The van der Waals surface area contributed by atoms with Gasteiger partial charge in [-0.3, -0.25) is 0 Å². The van der Waals surface area contributed by atoms with Crippen molar-refractivity contribution >= 4 is 21.6 Å². The van der Waals surface area contributed by atoms with Crippen LogP contribution in [0, 0.1) is 18.2 Å². The number of carbonyl (C=O) groups excluding carboxylic acids is 1. The third kappa shape index (κ3) is 6.27. The molecule has 0 spiro atoms. The average Bonchev–Trinajstić information content (AvgIpc) is 2.30. The first kappa shape index (κ1) is 17.0. The van der Waals surface area contributed by atoms with E-state index in [9.17, 15) is 17.6 Å². The van der Waals surface area contributed by atoms with E-state index in [1.54, 1.807) is 6.92 Å². The van der Waals surface area contributed by atoms with Crippen LogP contribution in [-0.4, -0.2) is 26.7 Å². The van der Waals surface area contributed by atoms with E-state index in [2.05, 4.69) is 16.6 Å². The predicted molar refractivity (Wildman–Crippen MR) is 80.0 cm³/mol. The Labute approximate surface area is 123 Å². The monoisotopic (exact) mass is 312 g/mol. The van der Waals surface area contributed by atoms with Crippen LogP contribution < -0.4 is 10.6 Å². The molecule has 2 N–H and O–H groups in total. The zero-order chi connectivity index (χ0) is 16.0. The standard InChI is InChI=1S/C14H17FN2O3S/c1-4-5-10(2)16-14(18)17-13-7-6-12(15)8-11(13)9-21(3,19)20/h1,6-8,10H,5,9H2,2-3H3,(H2,16,17,18)/t10-/m0/s1. The first-order chi connectivity index (χ1) is 9.71. The summed E-state index contributed by atoms with van der Waals surface area (Å²) in [6.07, 6.45) is 6.54. The molecule has 0 unspecified atom stereocenters. The highest BCUT2D eigenvalue weighted by molar-refractivity contribution is 7.89. The molecule has 7 heteroatoms. The Morgan fingerprint density at radius 3 is 2.71 bits per heavy atom.